The quantitative estimate of drug-likeness (QED) is 0.625. The van der Waals surface area contributed by atoms with Crippen molar-refractivity contribution in [2.45, 2.75) is 25.8 Å². The van der Waals surface area contributed by atoms with Crippen LogP contribution in [0.25, 0.3) is 0 Å². The molecule has 14 heavy (non-hydrogen) atoms. The highest BCUT2D eigenvalue weighted by atomic mass is 16.2. The fourth-order valence-electron chi connectivity index (χ4n) is 2.17. The van der Waals surface area contributed by atoms with Crippen molar-refractivity contribution in [3.8, 4) is 0 Å². The molecule has 2 aliphatic heterocycles. The molecular weight excluding hydrogens is 176 g/mol. The fraction of sp³-hybridized carbons (Fsp3) is 0.727. The average Bonchev–Trinajstić information content (AvgIpc) is 2.69. The van der Waals surface area contributed by atoms with E-state index in [1.165, 1.54) is 6.42 Å². The Labute approximate surface area is 85.2 Å². The van der Waals surface area contributed by atoms with E-state index in [4.69, 9.17) is 0 Å². The molecule has 3 heteroatoms. The fourth-order valence-corrected chi connectivity index (χ4v) is 2.17. The Kier molecular flexibility index (Phi) is 2.87. The summed E-state index contributed by atoms with van der Waals surface area (Å²) in [6, 6.07) is 0.0682. The maximum atomic E-state index is 12.0. The van der Waals surface area contributed by atoms with Crippen LogP contribution < -0.4 is 5.32 Å². The minimum Gasteiger partial charge on any atom is -0.334 e. The van der Waals surface area contributed by atoms with E-state index in [-0.39, 0.29) is 11.9 Å². The number of hydrogen-bond acceptors (Lipinski definition) is 2. The first kappa shape index (κ1) is 9.71. The van der Waals surface area contributed by atoms with Gasteiger partial charge in [-0.3, -0.25) is 4.79 Å². The average molecular weight is 194 g/mol. The van der Waals surface area contributed by atoms with Crippen molar-refractivity contribution < 1.29 is 4.79 Å². The normalized spacial score (nSPS) is 32.2. The van der Waals surface area contributed by atoms with Gasteiger partial charge in [-0.1, -0.05) is 19.1 Å². The molecule has 1 amide bonds. The Morgan fingerprint density at radius 1 is 1.43 bits per heavy atom. The Balaban J connectivity index is 1.90. The van der Waals surface area contributed by atoms with E-state index in [9.17, 15) is 4.79 Å². The van der Waals surface area contributed by atoms with Crippen LogP contribution in [0.4, 0.5) is 0 Å². The van der Waals surface area contributed by atoms with Gasteiger partial charge in [-0.2, -0.15) is 0 Å². The van der Waals surface area contributed by atoms with Crippen molar-refractivity contribution in [3.63, 3.8) is 0 Å². The molecule has 0 aromatic heterocycles. The van der Waals surface area contributed by atoms with Crippen molar-refractivity contribution in [1.29, 1.82) is 0 Å². The van der Waals surface area contributed by atoms with Crippen LogP contribution in [0.2, 0.25) is 0 Å². The van der Waals surface area contributed by atoms with Crippen molar-refractivity contribution in [3.05, 3.63) is 12.2 Å². The molecule has 2 atom stereocenters. The lowest BCUT2D eigenvalue weighted by atomic mass is 9.93. The molecule has 2 rings (SSSR count). The van der Waals surface area contributed by atoms with Gasteiger partial charge in [0, 0.05) is 13.1 Å². The minimum atomic E-state index is 0.0682. The molecule has 2 unspecified atom stereocenters. The predicted octanol–water partition coefficient (Wildman–Crippen LogP) is 0.773. The van der Waals surface area contributed by atoms with Crippen molar-refractivity contribution in [1.82, 2.24) is 10.2 Å². The summed E-state index contributed by atoms with van der Waals surface area (Å²) in [4.78, 5) is 13.9. The van der Waals surface area contributed by atoms with E-state index in [0.29, 0.717) is 5.92 Å². The van der Waals surface area contributed by atoms with Gasteiger partial charge in [-0.25, -0.2) is 0 Å². The summed E-state index contributed by atoms with van der Waals surface area (Å²) in [5.41, 5.74) is 0. The van der Waals surface area contributed by atoms with Gasteiger partial charge in [0.2, 0.25) is 5.91 Å². The van der Waals surface area contributed by atoms with Crippen LogP contribution in [0.15, 0.2) is 12.2 Å². The molecule has 78 valence electrons. The Bertz CT molecular complexity index is 242. The number of nitrogens with one attached hydrogen (secondary N) is 1. The number of amides is 1. The van der Waals surface area contributed by atoms with Crippen molar-refractivity contribution in [2.75, 3.05) is 19.6 Å². The molecule has 0 spiro atoms. The molecule has 0 radical (unpaired) electrons. The van der Waals surface area contributed by atoms with Gasteiger partial charge >= 0.3 is 0 Å². The van der Waals surface area contributed by atoms with E-state index in [1.54, 1.807) is 0 Å². The molecular formula is C11H18N2O. The predicted molar refractivity (Wildman–Crippen MR) is 55.9 cm³/mol. The summed E-state index contributed by atoms with van der Waals surface area (Å²) in [6.07, 6.45) is 6.31. The Hall–Kier alpha value is -0.830. The van der Waals surface area contributed by atoms with Crippen LogP contribution in [0.1, 0.15) is 19.8 Å². The summed E-state index contributed by atoms with van der Waals surface area (Å²) in [6.45, 7) is 4.80. The first-order valence-electron chi connectivity index (χ1n) is 5.44. The number of carbonyl (C=O) groups excluding carboxylic acids is 1. The number of carbonyl (C=O) groups is 1. The zero-order valence-electron chi connectivity index (χ0n) is 8.70. The van der Waals surface area contributed by atoms with Gasteiger partial charge in [0.25, 0.3) is 0 Å². The lowest BCUT2D eigenvalue weighted by Gasteiger charge is -2.30. The van der Waals surface area contributed by atoms with Crippen LogP contribution in [0.3, 0.4) is 0 Å². The van der Waals surface area contributed by atoms with Gasteiger partial charge in [0.1, 0.15) is 0 Å². The maximum Gasteiger partial charge on any atom is 0.240 e. The van der Waals surface area contributed by atoms with E-state index in [0.717, 1.165) is 26.1 Å². The van der Waals surface area contributed by atoms with Gasteiger partial charge in [0.05, 0.1) is 6.04 Å². The highest BCUT2D eigenvalue weighted by molar-refractivity contribution is 5.82. The minimum absolute atomic E-state index is 0.0682. The molecule has 0 aromatic carbocycles. The first-order valence-corrected chi connectivity index (χ1v) is 5.44. The largest absolute Gasteiger partial charge is 0.334 e. The number of nitrogens with zero attached hydrogens (tertiary/aromatic N) is 1. The van der Waals surface area contributed by atoms with Crippen molar-refractivity contribution >= 4 is 5.91 Å². The summed E-state index contributed by atoms with van der Waals surface area (Å²) < 4.78 is 0. The zero-order chi connectivity index (χ0) is 9.97. The molecule has 2 heterocycles. The topological polar surface area (TPSA) is 32.3 Å². The monoisotopic (exact) mass is 194 g/mol. The Morgan fingerprint density at radius 3 is 2.79 bits per heavy atom. The number of rotatable bonds is 1. The number of piperidine rings is 1. The molecule has 0 bridgehead atoms. The summed E-state index contributed by atoms with van der Waals surface area (Å²) in [5.74, 6) is 0.960. The first-order chi connectivity index (χ1) is 6.77. The van der Waals surface area contributed by atoms with Gasteiger partial charge < -0.3 is 10.2 Å². The van der Waals surface area contributed by atoms with Crippen LogP contribution >= 0.6 is 0 Å². The van der Waals surface area contributed by atoms with E-state index in [1.807, 2.05) is 4.90 Å². The molecule has 1 saturated heterocycles. The van der Waals surface area contributed by atoms with Gasteiger partial charge in [-0.05, 0) is 25.3 Å². The van der Waals surface area contributed by atoms with Crippen LogP contribution in [-0.2, 0) is 4.79 Å². The van der Waals surface area contributed by atoms with E-state index < -0.39 is 0 Å². The van der Waals surface area contributed by atoms with Gasteiger partial charge in [0.15, 0.2) is 0 Å². The second-order valence-electron chi connectivity index (χ2n) is 4.35. The molecule has 0 saturated carbocycles. The third kappa shape index (κ3) is 1.98. The van der Waals surface area contributed by atoms with Gasteiger partial charge in [-0.15, -0.1) is 0 Å². The second kappa shape index (κ2) is 4.13. The molecule has 3 nitrogen and oxygen atoms in total. The molecule has 2 aliphatic rings. The van der Waals surface area contributed by atoms with Crippen molar-refractivity contribution in [2.24, 2.45) is 5.92 Å². The lowest BCUT2D eigenvalue weighted by molar-refractivity contribution is -0.133. The summed E-state index contributed by atoms with van der Waals surface area (Å²) >= 11 is 0. The van der Waals surface area contributed by atoms with Crippen LogP contribution in [0, 0.1) is 5.92 Å². The smallest absolute Gasteiger partial charge is 0.240 e. The zero-order valence-corrected chi connectivity index (χ0v) is 8.70. The summed E-state index contributed by atoms with van der Waals surface area (Å²) in [5, 5.41) is 3.31. The third-order valence-electron chi connectivity index (χ3n) is 3.09. The van der Waals surface area contributed by atoms with Crippen LogP contribution in [-0.4, -0.2) is 36.5 Å². The molecule has 0 aliphatic carbocycles. The van der Waals surface area contributed by atoms with E-state index >= 15 is 0 Å². The maximum absolute atomic E-state index is 12.0. The standard InChI is InChI=1S/C11H18N2O/c1-9-4-5-12-10(8-9)11(14)13-6-2-3-7-13/h2-3,9-10,12H,4-8H2,1H3. The molecule has 1 N–H and O–H groups in total. The summed E-state index contributed by atoms with van der Waals surface area (Å²) in [7, 11) is 0. The van der Waals surface area contributed by atoms with E-state index in [2.05, 4.69) is 24.4 Å². The number of hydrogen-bond donors (Lipinski definition) is 1. The Morgan fingerprint density at radius 2 is 2.14 bits per heavy atom. The molecule has 1 fully saturated rings. The highest BCUT2D eigenvalue weighted by Crippen LogP contribution is 2.17. The SMILES string of the molecule is CC1CCNC(C(=O)N2CC=CC2)C1. The second-order valence-corrected chi connectivity index (χ2v) is 4.35. The highest BCUT2D eigenvalue weighted by Gasteiger charge is 2.28. The molecule has 0 aromatic rings. The lowest BCUT2D eigenvalue weighted by Crippen LogP contribution is -2.49. The van der Waals surface area contributed by atoms with Crippen LogP contribution in [0.5, 0.6) is 0 Å². The third-order valence-corrected chi connectivity index (χ3v) is 3.09.